The van der Waals surface area contributed by atoms with Gasteiger partial charge in [-0.25, -0.2) is 0 Å². The molecular weight excluding hydrogens is 370 g/mol. The second kappa shape index (κ2) is 9.46. The van der Waals surface area contributed by atoms with Crippen LogP contribution in [0.1, 0.15) is 30.9 Å². The molecule has 1 aromatic heterocycles. The Morgan fingerprint density at radius 3 is 2.71 bits per heavy atom. The second-order valence-corrected chi connectivity index (χ2v) is 7.64. The number of methoxy groups -OCH3 is 1. The van der Waals surface area contributed by atoms with Gasteiger partial charge in [-0.1, -0.05) is 60.6 Å². The van der Waals surface area contributed by atoms with Gasteiger partial charge in [-0.2, -0.15) is 0 Å². The lowest BCUT2D eigenvalue weighted by Gasteiger charge is -2.19. The van der Waals surface area contributed by atoms with Crippen molar-refractivity contribution in [2.24, 2.45) is 0 Å². The van der Waals surface area contributed by atoms with Crippen molar-refractivity contribution < 1.29 is 9.53 Å². The summed E-state index contributed by atoms with van der Waals surface area (Å²) in [5.41, 5.74) is 3.12. The summed E-state index contributed by atoms with van der Waals surface area (Å²) in [6.45, 7) is 4.81. The maximum atomic E-state index is 13.0. The minimum atomic E-state index is 0.0219. The molecule has 0 saturated heterocycles. The number of amides is 1. The fraction of sp³-hybridized carbons (Fsp3) is 0.318. The molecule has 0 aliphatic rings. The first-order valence-corrected chi connectivity index (χ1v) is 10.3. The number of ether oxygens (including phenoxy) is 1. The average molecular weight is 396 g/mol. The number of hydrogen-bond donors (Lipinski definition) is 0. The van der Waals surface area contributed by atoms with Crippen LogP contribution in [0.2, 0.25) is 0 Å². The molecule has 2 aromatic carbocycles. The maximum Gasteiger partial charge on any atom is 0.233 e. The maximum absolute atomic E-state index is 13.0. The van der Waals surface area contributed by atoms with Crippen LogP contribution in [0.3, 0.4) is 0 Å². The molecule has 0 N–H and O–H groups in total. The van der Waals surface area contributed by atoms with Crippen molar-refractivity contribution in [3.63, 3.8) is 0 Å². The number of nitrogens with zero attached hydrogens (tertiary/aromatic N) is 3. The molecule has 1 amide bonds. The summed E-state index contributed by atoms with van der Waals surface area (Å²) in [7, 11) is 1.63. The summed E-state index contributed by atoms with van der Waals surface area (Å²) in [4.78, 5) is 14.8. The first-order valence-electron chi connectivity index (χ1n) is 9.44. The van der Waals surface area contributed by atoms with E-state index in [9.17, 15) is 4.79 Å². The molecule has 0 radical (unpaired) electrons. The van der Waals surface area contributed by atoms with Gasteiger partial charge in [0.15, 0.2) is 0 Å². The van der Waals surface area contributed by atoms with Gasteiger partial charge in [0.2, 0.25) is 11.0 Å². The van der Waals surface area contributed by atoms with E-state index in [1.807, 2.05) is 36.4 Å². The van der Waals surface area contributed by atoms with E-state index >= 15 is 0 Å². The number of aryl methyl sites for hydroxylation is 1. The van der Waals surface area contributed by atoms with E-state index in [4.69, 9.17) is 4.74 Å². The normalized spacial score (nSPS) is 10.7. The topological polar surface area (TPSA) is 55.3 Å². The summed E-state index contributed by atoms with van der Waals surface area (Å²) in [6, 6.07) is 15.8. The van der Waals surface area contributed by atoms with Crippen LogP contribution in [0.4, 0.5) is 5.13 Å². The predicted molar refractivity (Wildman–Crippen MR) is 114 cm³/mol. The fourth-order valence-electron chi connectivity index (χ4n) is 2.92. The van der Waals surface area contributed by atoms with Gasteiger partial charge in [0.1, 0.15) is 10.8 Å². The molecule has 6 heteroatoms. The Kier molecular flexibility index (Phi) is 6.76. The standard InChI is InChI=1S/C22H25N3O2S/c1-4-5-12-25(20(26)15-17-9-7-11-19(14-17)27-3)22-24-23-21(28-22)18-10-6-8-16(2)13-18/h6-11,13-14H,4-5,12,15H2,1-3H3. The van der Waals surface area contributed by atoms with Crippen LogP contribution in [0.15, 0.2) is 48.5 Å². The third kappa shape index (κ3) is 4.95. The molecule has 0 aliphatic heterocycles. The summed E-state index contributed by atoms with van der Waals surface area (Å²) in [5, 5.41) is 10.1. The van der Waals surface area contributed by atoms with Crippen LogP contribution in [-0.2, 0) is 11.2 Å². The molecule has 0 unspecified atom stereocenters. The van der Waals surface area contributed by atoms with Crippen LogP contribution in [0.5, 0.6) is 5.75 Å². The van der Waals surface area contributed by atoms with E-state index in [0.717, 1.165) is 34.7 Å². The number of unbranched alkanes of at least 4 members (excludes halogenated alkanes) is 1. The monoisotopic (exact) mass is 395 g/mol. The zero-order valence-corrected chi connectivity index (χ0v) is 17.3. The van der Waals surface area contributed by atoms with Gasteiger partial charge in [0, 0.05) is 12.1 Å². The Morgan fingerprint density at radius 2 is 1.96 bits per heavy atom. The van der Waals surface area contributed by atoms with Crippen molar-refractivity contribution in [3.05, 3.63) is 59.7 Å². The molecule has 0 spiro atoms. The van der Waals surface area contributed by atoms with E-state index in [2.05, 4.69) is 36.2 Å². The van der Waals surface area contributed by atoms with E-state index in [1.54, 1.807) is 12.0 Å². The highest BCUT2D eigenvalue weighted by atomic mass is 32.1. The highest BCUT2D eigenvalue weighted by molar-refractivity contribution is 7.18. The Hall–Kier alpha value is -2.73. The average Bonchev–Trinajstić information content (AvgIpc) is 3.18. The minimum absolute atomic E-state index is 0.0219. The molecule has 0 aliphatic carbocycles. The van der Waals surface area contributed by atoms with E-state index in [0.29, 0.717) is 18.1 Å². The van der Waals surface area contributed by atoms with Crippen LogP contribution in [0.25, 0.3) is 10.6 Å². The van der Waals surface area contributed by atoms with E-state index in [1.165, 1.54) is 16.9 Å². The lowest BCUT2D eigenvalue weighted by atomic mass is 10.1. The lowest BCUT2D eigenvalue weighted by Crippen LogP contribution is -2.33. The Labute approximate surface area is 170 Å². The van der Waals surface area contributed by atoms with Crippen molar-refractivity contribution in [3.8, 4) is 16.3 Å². The smallest absolute Gasteiger partial charge is 0.233 e. The van der Waals surface area contributed by atoms with Gasteiger partial charge >= 0.3 is 0 Å². The minimum Gasteiger partial charge on any atom is -0.497 e. The quantitative estimate of drug-likeness (QED) is 0.544. The molecule has 0 saturated carbocycles. The number of carbonyl (C=O) groups excluding carboxylic acids is 1. The van der Waals surface area contributed by atoms with Gasteiger partial charge in [0.25, 0.3) is 0 Å². The third-order valence-corrected chi connectivity index (χ3v) is 5.43. The Balaban J connectivity index is 1.82. The van der Waals surface area contributed by atoms with Crippen LogP contribution in [0, 0.1) is 6.92 Å². The molecule has 1 heterocycles. The molecule has 0 fully saturated rings. The van der Waals surface area contributed by atoms with E-state index < -0.39 is 0 Å². The molecule has 3 aromatic rings. The third-order valence-electron chi connectivity index (χ3n) is 4.44. The Bertz CT molecular complexity index is 939. The summed E-state index contributed by atoms with van der Waals surface area (Å²) < 4.78 is 5.26. The molecule has 5 nitrogen and oxygen atoms in total. The highest BCUT2D eigenvalue weighted by Gasteiger charge is 2.20. The number of benzene rings is 2. The summed E-state index contributed by atoms with van der Waals surface area (Å²) in [5.74, 6) is 0.775. The molecule has 3 rings (SSSR count). The number of rotatable bonds is 8. The molecule has 146 valence electrons. The second-order valence-electron chi connectivity index (χ2n) is 6.69. The van der Waals surface area contributed by atoms with Crippen LogP contribution < -0.4 is 9.64 Å². The van der Waals surface area contributed by atoms with E-state index in [-0.39, 0.29) is 5.91 Å². The zero-order chi connectivity index (χ0) is 19.9. The van der Waals surface area contributed by atoms with Crippen molar-refractivity contribution in [2.45, 2.75) is 33.1 Å². The molecule has 0 atom stereocenters. The van der Waals surface area contributed by atoms with Crippen molar-refractivity contribution >= 4 is 22.4 Å². The first-order chi connectivity index (χ1) is 13.6. The first kappa shape index (κ1) is 20.0. The summed E-state index contributed by atoms with van der Waals surface area (Å²) in [6.07, 6.45) is 2.23. The SMILES string of the molecule is CCCCN(C(=O)Cc1cccc(OC)c1)c1nnc(-c2cccc(C)c2)s1. The van der Waals surface area contributed by atoms with Crippen LogP contribution in [-0.4, -0.2) is 29.8 Å². The largest absolute Gasteiger partial charge is 0.497 e. The number of anilines is 1. The molecule has 0 bridgehead atoms. The zero-order valence-electron chi connectivity index (χ0n) is 16.5. The lowest BCUT2D eigenvalue weighted by molar-refractivity contribution is -0.118. The van der Waals surface area contributed by atoms with Gasteiger partial charge in [-0.05, 0) is 37.1 Å². The fourth-order valence-corrected chi connectivity index (χ4v) is 3.80. The Morgan fingerprint density at radius 1 is 1.14 bits per heavy atom. The number of aromatic nitrogens is 2. The van der Waals surface area contributed by atoms with Crippen molar-refractivity contribution in [2.75, 3.05) is 18.6 Å². The summed E-state index contributed by atoms with van der Waals surface area (Å²) >= 11 is 1.46. The van der Waals surface area contributed by atoms with Crippen molar-refractivity contribution in [1.29, 1.82) is 0 Å². The number of hydrogen-bond acceptors (Lipinski definition) is 5. The molecule has 28 heavy (non-hydrogen) atoms. The van der Waals surface area contributed by atoms with Gasteiger partial charge in [-0.15, -0.1) is 10.2 Å². The van der Waals surface area contributed by atoms with Gasteiger partial charge in [0.05, 0.1) is 13.5 Å². The number of carbonyl (C=O) groups is 1. The van der Waals surface area contributed by atoms with Crippen molar-refractivity contribution in [1.82, 2.24) is 10.2 Å². The molecular formula is C22H25N3O2S. The van der Waals surface area contributed by atoms with Crippen LogP contribution >= 0.6 is 11.3 Å². The van der Waals surface area contributed by atoms with Gasteiger partial charge < -0.3 is 4.74 Å². The highest BCUT2D eigenvalue weighted by Crippen LogP contribution is 2.30. The predicted octanol–water partition coefficient (Wildman–Crippen LogP) is 4.90. The van der Waals surface area contributed by atoms with Gasteiger partial charge in [-0.3, -0.25) is 9.69 Å².